The van der Waals surface area contributed by atoms with Crippen molar-refractivity contribution < 1.29 is 31.6 Å². The van der Waals surface area contributed by atoms with Crippen molar-refractivity contribution in [2.24, 2.45) is 5.92 Å². The predicted molar refractivity (Wildman–Crippen MR) is 157 cm³/mol. The molecule has 7 heterocycles. The maximum absolute atomic E-state index is 14.0. The van der Waals surface area contributed by atoms with E-state index < -0.39 is 31.1 Å². The van der Waals surface area contributed by atoms with Crippen molar-refractivity contribution in [1.82, 2.24) is 30.0 Å². The number of amides is 1. The summed E-state index contributed by atoms with van der Waals surface area (Å²) in [7, 11) is -2.11. The number of halogens is 3. The summed E-state index contributed by atoms with van der Waals surface area (Å²) in [5.41, 5.74) is 0.809. The Labute approximate surface area is 251 Å². The van der Waals surface area contributed by atoms with Crippen molar-refractivity contribution in [1.29, 1.82) is 0 Å². The molecule has 0 saturated carbocycles. The second-order valence-electron chi connectivity index (χ2n) is 10.1. The first kappa shape index (κ1) is 31.1. The van der Waals surface area contributed by atoms with E-state index in [0.29, 0.717) is 35.2 Å². The minimum Gasteiger partial charge on any atom is -0.354 e. The van der Waals surface area contributed by atoms with E-state index in [1.807, 2.05) is 6.92 Å². The van der Waals surface area contributed by atoms with Crippen LogP contribution in [0.15, 0.2) is 55.0 Å². The number of pyridine rings is 1. The average Bonchev–Trinajstić information content (AvgIpc) is 3.44. The highest BCUT2D eigenvalue weighted by Gasteiger charge is 2.36. The molecule has 0 saturated heterocycles. The number of carbonyl (C=O) groups excluding carboxylic acids is 1. The second-order valence-corrected chi connectivity index (χ2v) is 12.2. The minimum atomic E-state index is -4.80. The van der Waals surface area contributed by atoms with Gasteiger partial charge in [-0.1, -0.05) is 19.1 Å². The summed E-state index contributed by atoms with van der Waals surface area (Å²) in [4.78, 5) is 25.2. The zero-order valence-electron chi connectivity index (χ0n) is 24.1. The topological polar surface area (TPSA) is 145 Å². The molecule has 3 aromatic heterocycles. The third-order valence-electron chi connectivity index (χ3n) is 6.58. The molecule has 1 amide bonds. The van der Waals surface area contributed by atoms with Gasteiger partial charge in [-0.3, -0.25) is 14.0 Å². The Morgan fingerprint density at radius 3 is 2.64 bits per heavy atom. The molecule has 0 radical (unpaired) electrons. The molecule has 8 bridgehead atoms. The van der Waals surface area contributed by atoms with Crippen LogP contribution in [-0.4, -0.2) is 50.9 Å². The van der Waals surface area contributed by atoms with E-state index in [1.165, 1.54) is 13.1 Å². The molecule has 0 aliphatic carbocycles. The molecule has 4 aromatic rings. The van der Waals surface area contributed by atoms with Gasteiger partial charge in [-0.25, -0.2) is 9.97 Å². The maximum atomic E-state index is 14.0. The summed E-state index contributed by atoms with van der Waals surface area (Å²) in [6.45, 7) is 4.42. The molecule has 232 valence electrons. The summed E-state index contributed by atoms with van der Waals surface area (Å²) in [5, 5.41) is 12.4. The molecule has 2 atom stereocenters. The fourth-order valence-electron chi connectivity index (χ4n) is 4.46. The van der Waals surface area contributed by atoms with Crippen LogP contribution in [-0.2, 0) is 32.5 Å². The number of rotatable bonds is 3. The SMILES string of the molecule is CCOP1(=O)Cc2ccc(cc2)Nc2ncc(C(F)(F)F)c(n2)Nc2ccc(nc2C(=O)NC)-c2cnn(c2)C[C@H](C)CO1. The summed E-state index contributed by atoms with van der Waals surface area (Å²) in [5.74, 6) is -1.43. The van der Waals surface area contributed by atoms with Gasteiger partial charge >= 0.3 is 13.8 Å². The number of benzene rings is 1. The summed E-state index contributed by atoms with van der Waals surface area (Å²) in [6.07, 6.45) is -0.836. The van der Waals surface area contributed by atoms with E-state index >= 15 is 0 Å². The lowest BCUT2D eigenvalue weighted by atomic mass is 10.1. The van der Waals surface area contributed by atoms with Crippen molar-refractivity contribution in [3.8, 4) is 11.3 Å². The third kappa shape index (κ3) is 7.24. The van der Waals surface area contributed by atoms with Gasteiger partial charge in [-0.05, 0) is 42.7 Å². The Morgan fingerprint density at radius 1 is 1.16 bits per heavy atom. The minimum absolute atomic E-state index is 0.00614. The van der Waals surface area contributed by atoms with Gasteiger partial charge < -0.3 is 25.0 Å². The maximum Gasteiger partial charge on any atom is 0.421 e. The highest BCUT2D eigenvalue weighted by molar-refractivity contribution is 7.53. The fraction of sp³-hybridized carbons (Fsp3) is 0.321. The highest BCUT2D eigenvalue weighted by Crippen LogP contribution is 2.51. The molecule has 8 rings (SSSR count). The molecular weight excluding hydrogens is 600 g/mol. The Morgan fingerprint density at radius 2 is 1.93 bits per heavy atom. The fourth-order valence-corrected chi connectivity index (χ4v) is 6.25. The van der Waals surface area contributed by atoms with Gasteiger partial charge in [-0.15, -0.1) is 0 Å². The molecule has 1 aromatic carbocycles. The van der Waals surface area contributed by atoms with E-state index in [-0.39, 0.29) is 42.6 Å². The lowest BCUT2D eigenvalue weighted by Gasteiger charge is -2.20. The van der Waals surface area contributed by atoms with Crippen molar-refractivity contribution in [3.63, 3.8) is 0 Å². The molecule has 0 fully saturated rings. The lowest BCUT2D eigenvalue weighted by molar-refractivity contribution is -0.137. The van der Waals surface area contributed by atoms with Gasteiger partial charge in [0.25, 0.3) is 5.91 Å². The Hall–Kier alpha value is -4.33. The average molecular weight is 631 g/mol. The zero-order valence-corrected chi connectivity index (χ0v) is 24.9. The molecule has 4 aliphatic rings. The molecule has 1 unspecified atom stereocenters. The van der Waals surface area contributed by atoms with Crippen LogP contribution < -0.4 is 16.0 Å². The van der Waals surface area contributed by atoms with Gasteiger partial charge in [0.15, 0.2) is 5.69 Å². The van der Waals surface area contributed by atoms with Crippen LogP contribution in [0.2, 0.25) is 0 Å². The largest absolute Gasteiger partial charge is 0.421 e. The van der Waals surface area contributed by atoms with Crippen LogP contribution in [0.25, 0.3) is 11.3 Å². The Balaban J connectivity index is 1.60. The van der Waals surface area contributed by atoms with E-state index in [2.05, 4.69) is 36.0 Å². The number of nitrogens with zero attached hydrogens (tertiary/aromatic N) is 5. The lowest BCUT2D eigenvalue weighted by Crippen LogP contribution is -2.21. The van der Waals surface area contributed by atoms with E-state index in [1.54, 1.807) is 54.3 Å². The van der Waals surface area contributed by atoms with E-state index in [9.17, 15) is 22.5 Å². The van der Waals surface area contributed by atoms with E-state index in [4.69, 9.17) is 9.05 Å². The van der Waals surface area contributed by atoms with Gasteiger partial charge in [0.1, 0.15) is 11.4 Å². The van der Waals surface area contributed by atoms with Gasteiger partial charge in [0.05, 0.1) is 37.0 Å². The van der Waals surface area contributed by atoms with Crippen LogP contribution in [0.1, 0.15) is 35.5 Å². The van der Waals surface area contributed by atoms with Crippen molar-refractivity contribution in [2.75, 3.05) is 30.9 Å². The van der Waals surface area contributed by atoms with Gasteiger partial charge in [0, 0.05) is 37.2 Å². The number of nitrogens with one attached hydrogen (secondary N) is 3. The number of hydrogen-bond donors (Lipinski definition) is 3. The summed E-state index contributed by atoms with van der Waals surface area (Å²) >= 11 is 0. The van der Waals surface area contributed by atoms with Crippen LogP contribution >= 0.6 is 7.60 Å². The van der Waals surface area contributed by atoms with Crippen LogP contribution in [0.5, 0.6) is 0 Å². The molecule has 4 aliphatic heterocycles. The quantitative estimate of drug-likeness (QED) is 0.231. The first-order valence-corrected chi connectivity index (χ1v) is 15.4. The van der Waals surface area contributed by atoms with Gasteiger partial charge in [0.2, 0.25) is 5.95 Å². The predicted octanol–water partition coefficient (Wildman–Crippen LogP) is 6.00. The molecule has 3 N–H and O–H groups in total. The van der Waals surface area contributed by atoms with Crippen LogP contribution in [0, 0.1) is 5.92 Å². The van der Waals surface area contributed by atoms with E-state index in [0.717, 1.165) is 0 Å². The van der Waals surface area contributed by atoms with Crippen molar-refractivity contribution in [2.45, 2.75) is 32.7 Å². The first-order chi connectivity index (χ1) is 21.0. The van der Waals surface area contributed by atoms with Crippen molar-refractivity contribution >= 4 is 36.6 Å². The second kappa shape index (κ2) is 12.7. The molecular formula is C28H30F3N8O4P. The van der Waals surface area contributed by atoms with Crippen LogP contribution in [0.3, 0.4) is 0 Å². The molecule has 44 heavy (non-hydrogen) atoms. The Bertz CT molecular complexity index is 1700. The first-order valence-electron chi connectivity index (χ1n) is 13.7. The summed E-state index contributed by atoms with van der Waals surface area (Å²) < 4.78 is 68.5. The Kier molecular flexibility index (Phi) is 9.00. The number of aromatic nitrogens is 5. The molecule has 0 spiro atoms. The van der Waals surface area contributed by atoms with Crippen LogP contribution in [0.4, 0.5) is 36.3 Å². The number of carbonyl (C=O) groups is 1. The van der Waals surface area contributed by atoms with Gasteiger partial charge in [-0.2, -0.15) is 23.3 Å². The summed E-state index contributed by atoms with van der Waals surface area (Å²) in [6, 6.07) is 9.70. The normalized spacial score (nSPS) is 18.9. The standard InChI is InChI=1S/C28H30F3N8O4P/c1-4-42-44(41)16-18-5-7-20(8-6-18)35-27-33-12-21(28(29,30)31)25(38-27)37-23-10-9-22(36-24(23)26(40)32-3)19-11-34-39(14-19)13-17(2)15-43-44/h5-12,14,17H,4,13,15-16H2,1-3H3,(H,32,40)(H2,33,35,37,38)/t17-,44?/m0/s1. The zero-order chi connectivity index (χ0) is 31.5. The molecule has 12 nitrogen and oxygen atoms in total. The molecule has 16 heteroatoms. The smallest absolute Gasteiger partial charge is 0.354 e. The third-order valence-corrected chi connectivity index (χ3v) is 8.53. The highest BCUT2D eigenvalue weighted by atomic mass is 31.2. The number of anilines is 4. The van der Waals surface area contributed by atoms with Crippen molar-refractivity contribution in [3.05, 3.63) is 71.8 Å². The number of alkyl halides is 3. The number of hydrogen-bond acceptors (Lipinski definition) is 10. The monoisotopic (exact) mass is 630 g/mol.